The van der Waals surface area contributed by atoms with Crippen molar-refractivity contribution in [2.45, 2.75) is 19.3 Å². The van der Waals surface area contributed by atoms with Crippen LogP contribution in [0.2, 0.25) is 0 Å². The predicted octanol–water partition coefficient (Wildman–Crippen LogP) is -0.357. The summed E-state index contributed by atoms with van der Waals surface area (Å²) in [5.74, 6) is 0. The van der Waals surface area contributed by atoms with Crippen LogP contribution in [0.25, 0.3) is 0 Å². The van der Waals surface area contributed by atoms with Gasteiger partial charge in [-0.3, -0.25) is 0 Å². The van der Waals surface area contributed by atoms with Crippen LogP contribution < -0.4 is 11.5 Å². The van der Waals surface area contributed by atoms with Crippen molar-refractivity contribution in [1.82, 2.24) is 5.01 Å². The van der Waals surface area contributed by atoms with E-state index in [1.807, 2.05) is 0 Å². The minimum Gasteiger partial charge on any atom is -0.569 e. The van der Waals surface area contributed by atoms with Crippen LogP contribution in [0.5, 0.6) is 0 Å². The minimum atomic E-state index is 0.187. The Kier molecular flexibility index (Phi) is 7.86. The van der Waals surface area contributed by atoms with Crippen LogP contribution in [0.15, 0.2) is 5.28 Å². The second-order valence-corrected chi connectivity index (χ2v) is 2.93. The molecule has 0 aromatic heterocycles. The lowest BCUT2D eigenvalue weighted by atomic mass is 10.3. The summed E-state index contributed by atoms with van der Waals surface area (Å²) < 4.78 is 0. The zero-order valence-electron chi connectivity index (χ0n) is 8.30. The average Bonchev–Trinajstić information content (AvgIpc) is 2.22. The molecule has 0 aliphatic carbocycles. The number of rotatable bonds is 8. The molecule has 0 fully saturated rings. The number of unbranched alkanes of at least 4 members (excludes halogenated alkanes) is 1. The highest BCUT2D eigenvalue weighted by molar-refractivity contribution is 4.49. The summed E-state index contributed by atoms with van der Waals surface area (Å²) in [7, 11) is 0. The van der Waals surface area contributed by atoms with Crippen LogP contribution in [0, 0.1) is 5.21 Å². The summed E-state index contributed by atoms with van der Waals surface area (Å²) in [6.07, 6.45) is 2.34. The van der Waals surface area contributed by atoms with Crippen LogP contribution in [0.4, 0.5) is 0 Å². The van der Waals surface area contributed by atoms with E-state index in [-0.39, 0.29) is 4.97 Å². The van der Waals surface area contributed by atoms with Crippen molar-refractivity contribution in [3.05, 3.63) is 5.21 Å². The Balaban J connectivity index is 3.85. The Morgan fingerprint density at radius 3 is 2.21 bits per heavy atom. The van der Waals surface area contributed by atoms with E-state index in [0.29, 0.717) is 32.6 Å². The highest BCUT2D eigenvalue weighted by Crippen LogP contribution is 1.97. The minimum absolute atomic E-state index is 0.187. The normalized spacial score (nSPS) is 11.7. The van der Waals surface area contributed by atoms with Crippen molar-refractivity contribution in [3.8, 4) is 0 Å². The molecule has 0 aliphatic rings. The number of nitrogens with two attached hydrogens (primary N) is 2. The molecule has 0 aliphatic heterocycles. The van der Waals surface area contributed by atoms with Gasteiger partial charge in [0.05, 0.1) is 18.1 Å². The van der Waals surface area contributed by atoms with Gasteiger partial charge in [-0.25, -0.2) is 0 Å². The highest BCUT2D eigenvalue weighted by atomic mass is 16.6. The summed E-state index contributed by atoms with van der Waals surface area (Å²) in [6, 6.07) is 0. The lowest BCUT2D eigenvalue weighted by Crippen LogP contribution is -2.33. The Hall–Kier alpha value is -1.08. The van der Waals surface area contributed by atoms with Gasteiger partial charge in [-0.1, -0.05) is 0 Å². The van der Waals surface area contributed by atoms with Gasteiger partial charge in [-0.05, 0) is 32.4 Å². The molecule has 0 bridgehead atoms. The molecule has 14 heavy (non-hydrogen) atoms. The Bertz CT molecular complexity index is 164. The molecule has 0 aromatic carbocycles. The SMILES string of the molecule is NCCCCN(CCCN)[N+]([O-])=NO. The fourth-order valence-corrected chi connectivity index (χ4v) is 1.05. The molecular weight excluding hydrogens is 186 g/mol. The molecule has 5 N–H and O–H groups in total. The second kappa shape index (κ2) is 8.52. The maximum atomic E-state index is 11.0. The lowest BCUT2D eigenvalue weighted by Gasteiger charge is -2.16. The van der Waals surface area contributed by atoms with Gasteiger partial charge in [-0.15, -0.1) is 5.01 Å². The van der Waals surface area contributed by atoms with Crippen LogP contribution in [0.3, 0.4) is 0 Å². The quantitative estimate of drug-likeness (QED) is 0.217. The first-order valence-electron chi connectivity index (χ1n) is 4.73. The summed E-state index contributed by atoms with van der Waals surface area (Å²) >= 11 is 0. The average molecular weight is 205 g/mol. The second-order valence-electron chi connectivity index (χ2n) is 2.93. The van der Waals surface area contributed by atoms with Crippen LogP contribution in [-0.4, -0.2) is 41.4 Å². The number of nitrogens with zero attached hydrogens (tertiary/aromatic N) is 3. The topological polar surface area (TPSA) is 114 Å². The summed E-state index contributed by atoms with van der Waals surface area (Å²) in [4.78, 5) is 0.187. The molecule has 0 spiro atoms. The van der Waals surface area contributed by atoms with Crippen LogP contribution >= 0.6 is 0 Å². The van der Waals surface area contributed by atoms with Gasteiger partial charge >= 0.3 is 0 Å². The maximum absolute atomic E-state index is 11.0. The monoisotopic (exact) mass is 205 g/mol. The molecule has 0 saturated heterocycles. The summed E-state index contributed by atoms with van der Waals surface area (Å²) in [6.45, 7) is 2.13. The third kappa shape index (κ3) is 5.55. The summed E-state index contributed by atoms with van der Waals surface area (Å²) in [5, 5.41) is 23.2. The molecule has 0 unspecified atom stereocenters. The van der Waals surface area contributed by atoms with Crippen molar-refractivity contribution in [2.24, 2.45) is 16.7 Å². The Labute approximate surface area is 83.5 Å². The van der Waals surface area contributed by atoms with E-state index in [1.165, 1.54) is 5.01 Å². The third-order valence-electron chi connectivity index (χ3n) is 1.81. The number of hydrogen-bond acceptors (Lipinski definition) is 4. The molecule has 0 amide bonds. The van der Waals surface area contributed by atoms with E-state index in [0.717, 1.165) is 12.8 Å². The standard InChI is InChI=1S/C7H19N5O2/c8-4-1-2-6-11(7-3-5-9)12(14)10-13/h13H,1-9H2. The van der Waals surface area contributed by atoms with E-state index in [9.17, 15) is 5.21 Å². The predicted molar refractivity (Wildman–Crippen MR) is 51.4 cm³/mol. The lowest BCUT2D eigenvalue weighted by molar-refractivity contribution is -0.709. The largest absolute Gasteiger partial charge is 0.569 e. The molecule has 0 saturated carbocycles. The maximum Gasteiger partial charge on any atom is 0.230 e. The molecule has 0 rings (SSSR count). The van der Waals surface area contributed by atoms with E-state index < -0.39 is 0 Å². The van der Waals surface area contributed by atoms with Gasteiger partial charge in [-0.2, -0.15) is 0 Å². The fraction of sp³-hybridized carbons (Fsp3) is 1.00. The van der Waals surface area contributed by atoms with E-state index in [4.69, 9.17) is 16.7 Å². The van der Waals surface area contributed by atoms with Gasteiger partial charge in [0.15, 0.2) is 0 Å². The fourth-order valence-electron chi connectivity index (χ4n) is 1.05. The molecular formula is C7H19N5O2. The van der Waals surface area contributed by atoms with Crippen LogP contribution in [-0.2, 0) is 0 Å². The first-order valence-corrected chi connectivity index (χ1v) is 4.73. The Morgan fingerprint density at radius 2 is 1.71 bits per heavy atom. The van der Waals surface area contributed by atoms with Crippen molar-refractivity contribution in [3.63, 3.8) is 0 Å². The van der Waals surface area contributed by atoms with E-state index in [1.54, 1.807) is 0 Å². The molecule has 7 nitrogen and oxygen atoms in total. The number of hydrazine groups is 1. The van der Waals surface area contributed by atoms with E-state index >= 15 is 0 Å². The van der Waals surface area contributed by atoms with Gasteiger partial charge in [0.2, 0.25) is 5.28 Å². The smallest absolute Gasteiger partial charge is 0.230 e. The van der Waals surface area contributed by atoms with Gasteiger partial charge in [0.25, 0.3) is 0 Å². The molecule has 0 atom stereocenters. The van der Waals surface area contributed by atoms with Crippen molar-refractivity contribution >= 4 is 0 Å². The molecule has 0 aromatic rings. The zero-order chi connectivity index (χ0) is 10.8. The first-order chi connectivity index (χ1) is 6.76. The van der Waals surface area contributed by atoms with Crippen molar-refractivity contribution < 1.29 is 10.2 Å². The molecule has 0 radical (unpaired) electrons. The third-order valence-corrected chi connectivity index (χ3v) is 1.81. The van der Waals surface area contributed by atoms with Gasteiger partial charge in [0.1, 0.15) is 0 Å². The number of hydrogen-bond donors (Lipinski definition) is 3. The first kappa shape index (κ1) is 12.9. The van der Waals surface area contributed by atoms with Crippen molar-refractivity contribution in [2.75, 3.05) is 26.2 Å². The summed E-state index contributed by atoms with van der Waals surface area (Å²) in [5.41, 5.74) is 10.6. The van der Waals surface area contributed by atoms with Gasteiger partial charge in [0, 0.05) is 0 Å². The zero-order valence-corrected chi connectivity index (χ0v) is 8.30. The van der Waals surface area contributed by atoms with Crippen molar-refractivity contribution in [1.29, 1.82) is 0 Å². The van der Waals surface area contributed by atoms with E-state index in [2.05, 4.69) is 5.28 Å². The van der Waals surface area contributed by atoms with Crippen LogP contribution in [0.1, 0.15) is 19.3 Å². The molecule has 7 heteroatoms. The molecule has 84 valence electrons. The highest BCUT2D eigenvalue weighted by Gasteiger charge is 2.10. The molecule has 0 heterocycles. The van der Waals surface area contributed by atoms with Gasteiger partial charge < -0.3 is 21.9 Å². The Morgan fingerprint density at radius 1 is 1.14 bits per heavy atom.